The second kappa shape index (κ2) is 6.04. The fourth-order valence-corrected chi connectivity index (χ4v) is 3.54. The van der Waals surface area contributed by atoms with Crippen LogP contribution in [0.5, 0.6) is 0 Å². The number of amides is 1. The van der Waals surface area contributed by atoms with E-state index in [1.807, 2.05) is 24.3 Å². The van der Waals surface area contributed by atoms with E-state index in [-0.39, 0.29) is 5.91 Å². The van der Waals surface area contributed by atoms with Gasteiger partial charge in [0.1, 0.15) is 4.88 Å². The molecule has 0 aliphatic carbocycles. The molecular weight excluding hydrogens is 268 g/mol. The molecule has 1 fully saturated rings. The van der Waals surface area contributed by atoms with Crippen molar-refractivity contribution in [1.29, 1.82) is 0 Å². The molecule has 18 heavy (non-hydrogen) atoms. The predicted molar refractivity (Wildman–Crippen MR) is 76.7 cm³/mol. The van der Waals surface area contributed by atoms with Crippen LogP contribution in [0.2, 0.25) is 5.02 Å². The minimum absolute atomic E-state index is 0.0602. The number of nitrogens with zero attached hydrogens (tertiary/aromatic N) is 1. The molecule has 1 aliphatic rings. The Morgan fingerprint density at radius 1 is 1.50 bits per heavy atom. The summed E-state index contributed by atoms with van der Waals surface area (Å²) in [6.07, 6.45) is 3.21. The topological polar surface area (TPSA) is 32.3 Å². The van der Waals surface area contributed by atoms with Crippen LogP contribution in [0.3, 0.4) is 0 Å². The molecule has 1 aromatic rings. The predicted octanol–water partition coefficient (Wildman–Crippen LogP) is 2.92. The monoisotopic (exact) mass is 286 g/mol. The number of nitrogens with one attached hydrogen (secondary N) is 1. The molecule has 2 heterocycles. The van der Waals surface area contributed by atoms with Gasteiger partial charge in [-0.05, 0) is 50.2 Å². The molecule has 0 bridgehead atoms. The first kappa shape index (κ1) is 13.8. The van der Waals surface area contributed by atoms with Crippen molar-refractivity contribution in [3.05, 3.63) is 20.8 Å². The van der Waals surface area contributed by atoms with E-state index in [0.29, 0.717) is 15.9 Å². The summed E-state index contributed by atoms with van der Waals surface area (Å²) in [5.41, 5.74) is 0.987. The van der Waals surface area contributed by atoms with Crippen molar-refractivity contribution >= 4 is 28.8 Å². The van der Waals surface area contributed by atoms with E-state index < -0.39 is 0 Å². The van der Waals surface area contributed by atoms with Crippen LogP contribution >= 0.6 is 22.9 Å². The summed E-state index contributed by atoms with van der Waals surface area (Å²) in [4.78, 5) is 15.0. The highest BCUT2D eigenvalue weighted by atomic mass is 35.5. The fraction of sp³-hybridized carbons (Fsp3) is 0.615. The molecule has 0 aromatic carbocycles. The number of rotatable bonds is 2. The third-order valence-electron chi connectivity index (χ3n) is 3.51. The Morgan fingerprint density at radius 3 is 2.94 bits per heavy atom. The van der Waals surface area contributed by atoms with Crippen LogP contribution in [0.15, 0.2) is 5.38 Å². The second-order valence-electron chi connectivity index (χ2n) is 4.81. The second-order valence-corrected chi connectivity index (χ2v) is 6.07. The van der Waals surface area contributed by atoms with Crippen LogP contribution in [-0.2, 0) is 0 Å². The minimum atomic E-state index is 0.0602. The zero-order valence-corrected chi connectivity index (χ0v) is 12.4. The third-order valence-corrected chi connectivity index (χ3v) is 5.19. The van der Waals surface area contributed by atoms with E-state index in [2.05, 4.69) is 5.32 Å². The molecule has 0 radical (unpaired) electrons. The van der Waals surface area contributed by atoms with E-state index in [1.54, 1.807) is 0 Å². The summed E-state index contributed by atoms with van der Waals surface area (Å²) < 4.78 is 0. The number of aryl methyl sites for hydroxylation is 1. The van der Waals surface area contributed by atoms with Gasteiger partial charge < -0.3 is 10.2 Å². The van der Waals surface area contributed by atoms with Crippen molar-refractivity contribution in [1.82, 2.24) is 10.2 Å². The summed E-state index contributed by atoms with van der Waals surface area (Å²) in [5, 5.41) is 5.92. The van der Waals surface area contributed by atoms with Gasteiger partial charge in [-0.15, -0.1) is 11.3 Å². The first-order valence-electron chi connectivity index (χ1n) is 6.32. The maximum atomic E-state index is 12.4. The Kier molecular flexibility index (Phi) is 4.65. The lowest BCUT2D eigenvalue weighted by Crippen LogP contribution is -2.37. The van der Waals surface area contributed by atoms with Gasteiger partial charge in [-0.1, -0.05) is 11.6 Å². The van der Waals surface area contributed by atoms with Crippen LogP contribution in [0.4, 0.5) is 0 Å². The number of carbonyl (C=O) groups excluding carboxylic acids is 1. The Balaban J connectivity index is 2.10. The maximum absolute atomic E-state index is 12.4. The fourth-order valence-electron chi connectivity index (χ4n) is 2.29. The molecule has 1 saturated heterocycles. The lowest BCUT2D eigenvalue weighted by Gasteiger charge is -2.26. The van der Waals surface area contributed by atoms with Gasteiger partial charge in [0.2, 0.25) is 0 Å². The lowest BCUT2D eigenvalue weighted by molar-refractivity contribution is 0.0725. The van der Waals surface area contributed by atoms with Gasteiger partial charge in [-0.25, -0.2) is 0 Å². The SMILES string of the molecule is Cc1csc(C(=O)N(C)C2CCCNCC2)c1Cl. The van der Waals surface area contributed by atoms with Crippen molar-refractivity contribution in [2.75, 3.05) is 20.1 Å². The van der Waals surface area contributed by atoms with Gasteiger partial charge in [0.05, 0.1) is 5.02 Å². The molecule has 1 aromatic heterocycles. The highest BCUT2D eigenvalue weighted by Crippen LogP contribution is 2.29. The van der Waals surface area contributed by atoms with Crippen molar-refractivity contribution in [2.24, 2.45) is 0 Å². The third kappa shape index (κ3) is 2.87. The smallest absolute Gasteiger partial charge is 0.265 e. The van der Waals surface area contributed by atoms with Crippen LogP contribution in [0, 0.1) is 6.92 Å². The Labute approximate surface area is 117 Å². The van der Waals surface area contributed by atoms with E-state index in [1.165, 1.54) is 11.3 Å². The van der Waals surface area contributed by atoms with E-state index in [9.17, 15) is 4.79 Å². The number of carbonyl (C=O) groups is 1. The molecule has 0 saturated carbocycles. The first-order chi connectivity index (χ1) is 8.61. The number of thiophene rings is 1. The largest absolute Gasteiger partial charge is 0.338 e. The Hall–Kier alpha value is -0.580. The van der Waals surface area contributed by atoms with Crippen LogP contribution in [0.25, 0.3) is 0 Å². The van der Waals surface area contributed by atoms with Crippen molar-refractivity contribution in [3.63, 3.8) is 0 Å². The van der Waals surface area contributed by atoms with Crippen molar-refractivity contribution in [3.8, 4) is 0 Å². The number of hydrogen-bond donors (Lipinski definition) is 1. The summed E-state index contributed by atoms with van der Waals surface area (Å²) in [7, 11) is 1.89. The molecule has 1 amide bonds. The molecule has 5 heteroatoms. The highest BCUT2D eigenvalue weighted by Gasteiger charge is 2.25. The van der Waals surface area contributed by atoms with Gasteiger partial charge in [-0.2, -0.15) is 0 Å². The molecule has 3 nitrogen and oxygen atoms in total. The normalized spacial score (nSPS) is 20.5. The van der Waals surface area contributed by atoms with Crippen molar-refractivity contribution in [2.45, 2.75) is 32.2 Å². The van der Waals surface area contributed by atoms with Crippen LogP contribution in [0.1, 0.15) is 34.5 Å². The average Bonchev–Trinajstić information content (AvgIpc) is 2.62. The van der Waals surface area contributed by atoms with Crippen molar-refractivity contribution < 1.29 is 4.79 Å². The number of halogens is 1. The summed E-state index contributed by atoms with van der Waals surface area (Å²) in [6, 6.07) is 0.325. The summed E-state index contributed by atoms with van der Waals surface area (Å²) >= 11 is 7.61. The van der Waals surface area contributed by atoms with Gasteiger partial charge in [0.25, 0.3) is 5.91 Å². The molecule has 0 spiro atoms. The standard InChI is InChI=1S/C13H19ClN2OS/c1-9-8-18-12(11(9)14)13(17)16(2)10-4-3-6-15-7-5-10/h8,10,15H,3-7H2,1-2H3. The molecule has 2 rings (SSSR count). The Morgan fingerprint density at radius 2 is 2.28 bits per heavy atom. The van der Waals surface area contributed by atoms with Crippen LogP contribution in [-0.4, -0.2) is 37.0 Å². The molecule has 1 atom stereocenters. The minimum Gasteiger partial charge on any atom is -0.338 e. The molecule has 1 unspecified atom stereocenters. The first-order valence-corrected chi connectivity index (χ1v) is 7.58. The molecule has 1 aliphatic heterocycles. The summed E-state index contributed by atoms with van der Waals surface area (Å²) in [5.74, 6) is 0.0602. The van der Waals surface area contributed by atoms with E-state index in [4.69, 9.17) is 11.6 Å². The van der Waals surface area contributed by atoms with Gasteiger partial charge in [0, 0.05) is 13.1 Å². The molecular formula is C13H19ClN2OS. The zero-order valence-electron chi connectivity index (χ0n) is 10.8. The van der Waals surface area contributed by atoms with E-state index in [0.717, 1.165) is 37.9 Å². The van der Waals surface area contributed by atoms with E-state index >= 15 is 0 Å². The highest BCUT2D eigenvalue weighted by molar-refractivity contribution is 7.13. The molecule has 1 N–H and O–H groups in total. The lowest BCUT2D eigenvalue weighted by atomic mass is 10.1. The molecule has 100 valence electrons. The maximum Gasteiger partial charge on any atom is 0.265 e. The van der Waals surface area contributed by atoms with Gasteiger partial charge >= 0.3 is 0 Å². The van der Waals surface area contributed by atoms with Gasteiger partial charge in [0.15, 0.2) is 0 Å². The zero-order chi connectivity index (χ0) is 13.1. The average molecular weight is 287 g/mol. The van der Waals surface area contributed by atoms with Gasteiger partial charge in [-0.3, -0.25) is 4.79 Å². The quantitative estimate of drug-likeness (QED) is 0.907. The Bertz CT molecular complexity index is 425. The summed E-state index contributed by atoms with van der Waals surface area (Å²) in [6.45, 7) is 3.97. The van der Waals surface area contributed by atoms with Crippen LogP contribution < -0.4 is 5.32 Å². The number of hydrogen-bond acceptors (Lipinski definition) is 3.